The molecule has 92 valence electrons. The van der Waals surface area contributed by atoms with Gasteiger partial charge in [0.25, 0.3) is 0 Å². The number of nitrogens with one attached hydrogen (secondary N) is 3. The molecule has 0 saturated heterocycles. The van der Waals surface area contributed by atoms with Crippen molar-refractivity contribution in [1.29, 1.82) is 0 Å². The lowest BCUT2D eigenvalue weighted by atomic mass is 10.4. The van der Waals surface area contributed by atoms with Crippen molar-refractivity contribution < 1.29 is 8.42 Å². The van der Waals surface area contributed by atoms with Crippen LogP contribution in [-0.2, 0) is 16.6 Å². The van der Waals surface area contributed by atoms with Crippen LogP contribution in [0.2, 0.25) is 0 Å². The van der Waals surface area contributed by atoms with Crippen LogP contribution in [0.25, 0.3) is 0 Å². The van der Waals surface area contributed by atoms with E-state index in [1.54, 1.807) is 0 Å². The summed E-state index contributed by atoms with van der Waals surface area (Å²) in [5.41, 5.74) is 0. The highest BCUT2D eigenvalue weighted by atomic mass is 32.2. The highest BCUT2D eigenvalue weighted by Gasteiger charge is 2.11. The molecular weight excluding hydrogens is 232 g/mol. The fourth-order valence-corrected chi connectivity index (χ4v) is 1.87. The molecule has 8 nitrogen and oxygen atoms in total. The second-order valence-corrected chi connectivity index (χ2v) is 5.50. The Hall–Kier alpha value is -1.06. The van der Waals surface area contributed by atoms with E-state index in [1.165, 1.54) is 0 Å². The van der Waals surface area contributed by atoms with Crippen molar-refractivity contribution in [3.8, 4) is 0 Å². The Bertz CT molecular complexity index is 387. The molecule has 1 aromatic rings. The Morgan fingerprint density at radius 3 is 2.75 bits per heavy atom. The lowest BCUT2D eigenvalue weighted by molar-refractivity contribution is 0.565. The molecule has 1 heterocycles. The van der Waals surface area contributed by atoms with Gasteiger partial charge in [0.05, 0.1) is 12.3 Å². The number of nitrogens with zero attached hydrogens (tertiary/aromatic N) is 3. The molecule has 0 aliphatic carbocycles. The maximum absolute atomic E-state index is 11.5. The molecule has 0 aromatic carbocycles. The first kappa shape index (κ1) is 13.0. The Morgan fingerprint density at radius 1 is 1.44 bits per heavy atom. The summed E-state index contributed by atoms with van der Waals surface area (Å²) in [6, 6.07) is 0.271. The van der Waals surface area contributed by atoms with Crippen molar-refractivity contribution >= 4 is 10.0 Å². The number of tetrazole rings is 1. The minimum absolute atomic E-state index is 0.0308. The highest BCUT2D eigenvalue weighted by Crippen LogP contribution is 1.88. The lowest BCUT2D eigenvalue weighted by Crippen LogP contribution is -2.34. The molecular formula is C7H16N6O2S. The molecule has 0 spiro atoms. The van der Waals surface area contributed by atoms with E-state index < -0.39 is 10.0 Å². The molecule has 0 radical (unpaired) electrons. The average Bonchev–Trinajstić information content (AvgIpc) is 2.66. The van der Waals surface area contributed by atoms with Crippen LogP contribution in [0.4, 0.5) is 0 Å². The predicted molar refractivity (Wildman–Crippen MR) is 57.9 cm³/mol. The summed E-state index contributed by atoms with van der Waals surface area (Å²) in [6.07, 6.45) is 0. The number of hydrogen-bond acceptors (Lipinski definition) is 6. The summed E-state index contributed by atoms with van der Waals surface area (Å²) in [5.74, 6) is 0.351. The van der Waals surface area contributed by atoms with Crippen molar-refractivity contribution in [2.24, 2.45) is 0 Å². The van der Waals surface area contributed by atoms with Gasteiger partial charge in [-0.3, -0.25) is 0 Å². The standard InChI is InChI=1S/C7H16N6O2S/c1-6(2)8-3-4-16(14,15)9-5-7-10-12-13-11-7/h6,8-9H,3-5H2,1-2H3,(H,10,11,12,13). The van der Waals surface area contributed by atoms with Gasteiger partial charge in [-0.05, 0) is 0 Å². The smallest absolute Gasteiger partial charge is 0.213 e. The monoisotopic (exact) mass is 248 g/mol. The minimum atomic E-state index is -3.29. The van der Waals surface area contributed by atoms with E-state index in [1.807, 2.05) is 13.8 Å². The molecule has 0 unspecified atom stereocenters. The first-order chi connectivity index (χ1) is 7.49. The largest absolute Gasteiger partial charge is 0.313 e. The highest BCUT2D eigenvalue weighted by molar-refractivity contribution is 7.89. The van der Waals surface area contributed by atoms with Crippen LogP contribution in [0.3, 0.4) is 0 Å². The zero-order valence-corrected chi connectivity index (χ0v) is 10.1. The zero-order chi connectivity index (χ0) is 12.0. The number of rotatable bonds is 7. The average molecular weight is 248 g/mol. The fourth-order valence-electron chi connectivity index (χ4n) is 0.986. The quantitative estimate of drug-likeness (QED) is 0.548. The van der Waals surface area contributed by atoms with Crippen LogP contribution < -0.4 is 10.0 Å². The first-order valence-electron chi connectivity index (χ1n) is 4.92. The van der Waals surface area contributed by atoms with Gasteiger partial charge in [0.1, 0.15) is 0 Å². The van der Waals surface area contributed by atoms with Gasteiger partial charge in [-0.1, -0.05) is 19.1 Å². The molecule has 0 atom stereocenters. The van der Waals surface area contributed by atoms with Gasteiger partial charge in [-0.15, -0.1) is 10.2 Å². The first-order valence-corrected chi connectivity index (χ1v) is 6.58. The van der Waals surface area contributed by atoms with Crippen LogP contribution in [0, 0.1) is 0 Å². The van der Waals surface area contributed by atoms with Gasteiger partial charge in [0, 0.05) is 12.6 Å². The van der Waals surface area contributed by atoms with E-state index in [-0.39, 0.29) is 18.3 Å². The van der Waals surface area contributed by atoms with Crippen molar-refractivity contribution in [2.75, 3.05) is 12.3 Å². The summed E-state index contributed by atoms with van der Waals surface area (Å²) in [7, 11) is -3.29. The maximum atomic E-state index is 11.5. The van der Waals surface area contributed by atoms with Gasteiger partial charge in [-0.25, -0.2) is 13.1 Å². The van der Waals surface area contributed by atoms with Gasteiger partial charge in [-0.2, -0.15) is 5.21 Å². The van der Waals surface area contributed by atoms with Gasteiger partial charge < -0.3 is 5.32 Å². The molecule has 1 aromatic heterocycles. The Balaban J connectivity index is 2.29. The zero-order valence-electron chi connectivity index (χ0n) is 9.27. The van der Waals surface area contributed by atoms with E-state index in [0.717, 1.165) is 0 Å². The topological polar surface area (TPSA) is 113 Å². The molecule has 0 bridgehead atoms. The molecule has 0 saturated carbocycles. The Labute approximate surface area is 94.3 Å². The van der Waals surface area contributed by atoms with E-state index in [0.29, 0.717) is 12.4 Å². The maximum Gasteiger partial charge on any atom is 0.213 e. The number of H-pyrrole nitrogens is 1. The summed E-state index contributed by atoms with van der Waals surface area (Å²) >= 11 is 0. The van der Waals surface area contributed by atoms with E-state index in [2.05, 4.69) is 30.7 Å². The third-order valence-electron chi connectivity index (χ3n) is 1.76. The second-order valence-electron chi connectivity index (χ2n) is 3.58. The summed E-state index contributed by atoms with van der Waals surface area (Å²) < 4.78 is 25.3. The normalized spacial score (nSPS) is 12.2. The Morgan fingerprint density at radius 2 is 2.19 bits per heavy atom. The van der Waals surface area contributed by atoms with Crippen molar-refractivity contribution in [2.45, 2.75) is 26.4 Å². The van der Waals surface area contributed by atoms with Crippen LogP contribution in [-0.4, -0.2) is 47.4 Å². The molecule has 0 aliphatic rings. The third-order valence-corrected chi connectivity index (χ3v) is 3.09. The second kappa shape index (κ2) is 5.87. The van der Waals surface area contributed by atoms with Gasteiger partial charge in [0.2, 0.25) is 10.0 Å². The molecule has 0 aliphatic heterocycles. The van der Waals surface area contributed by atoms with Gasteiger partial charge in [0.15, 0.2) is 5.82 Å². The molecule has 16 heavy (non-hydrogen) atoms. The van der Waals surface area contributed by atoms with Crippen molar-refractivity contribution in [1.82, 2.24) is 30.7 Å². The number of aromatic amines is 1. The van der Waals surface area contributed by atoms with Crippen molar-refractivity contribution in [3.05, 3.63) is 5.82 Å². The molecule has 0 amide bonds. The van der Waals surface area contributed by atoms with Crippen LogP contribution >= 0.6 is 0 Å². The fraction of sp³-hybridized carbons (Fsp3) is 0.857. The van der Waals surface area contributed by atoms with Crippen LogP contribution in [0.5, 0.6) is 0 Å². The van der Waals surface area contributed by atoms with Crippen LogP contribution in [0.1, 0.15) is 19.7 Å². The third kappa shape index (κ3) is 5.14. The van der Waals surface area contributed by atoms with Gasteiger partial charge >= 0.3 is 0 Å². The molecule has 3 N–H and O–H groups in total. The van der Waals surface area contributed by atoms with E-state index >= 15 is 0 Å². The predicted octanol–water partition coefficient (Wildman–Crippen LogP) is -1.38. The molecule has 0 fully saturated rings. The summed E-state index contributed by atoms with van der Waals surface area (Å²) in [4.78, 5) is 0. The lowest BCUT2D eigenvalue weighted by Gasteiger charge is -2.08. The minimum Gasteiger partial charge on any atom is -0.313 e. The number of hydrogen-bond donors (Lipinski definition) is 3. The molecule has 1 rings (SSSR count). The summed E-state index contributed by atoms with van der Waals surface area (Å²) in [6.45, 7) is 4.39. The van der Waals surface area contributed by atoms with Crippen LogP contribution in [0.15, 0.2) is 0 Å². The number of aromatic nitrogens is 4. The molecule has 9 heteroatoms. The Kier molecular flexibility index (Phi) is 4.77. The van der Waals surface area contributed by atoms with E-state index in [9.17, 15) is 8.42 Å². The SMILES string of the molecule is CC(C)NCCS(=O)(=O)NCc1nn[nH]n1. The number of sulfonamides is 1. The van der Waals surface area contributed by atoms with E-state index in [4.69, 9.17) is 0 Å². The van der Waals surface area contributed by atoms with Crippen molar-refractivity contribution in [3.63, 3.8) is 0 Å². The summed E-state index contributed by atoms with van der Waals surface area (Å²) in [5, 5.41) is 15.9.